The number of ether oxygens (including phenoxy) is 1. The molecule has 1 saturated heterocycles. The van der Waals surface area contributed by atoms with Crippen LogP contribution in [0, 0.1) is 5.41 Å². The minimum absolute atomic E-state index is 0.190. The predicted octanol–water partition coefficient (Wildman–Crippen LogP) is 1.47. The lowest BCUT2D eigenvalue weighted by molar-refractivity contribution is 0.0159. The van der Waals surface area contributed by atoms with Crippen LogP contribution in [-0.4, -0.2) is 43.8 Å². The summed E-state index contributed by atoms with van der Waals surface area (Å²) in [6, 6.07) is 0.237. The quantitative estimate of drug-likeness (QED) is 0.770. The standard InChI is InChI=1S/C12H26N2O/c1-10(13)12(2,3)9-14-7-5-6-11(8-14)15-4/h10-11H,5-9,13H2,1-4H3. The molecular weight excluding hydrogens is 188 g/mol. The Bertz CT molecular complexity index is 192. The van der Waals surface area contributed by atoms with Gasteiger partial charge in [0, 0.05) is 26.2 Å². The summed E-state index contributed by atoms with van der Waals surface area (Å²) in [5.41, 5.74) is 6.19. The number of piperidine rings is 1. The highest BCUT2D eigenvalue weighted by molar-refractivity contribution is 4.84. The van der Waals surface area contributed by atoms with Gasteiger partial charge in [0.2, 0.25) is 0 Å². The molecule has 3 heteroatoms. The second kappa shape index (κ2) is 5.28. The van der Waals surface area contributed by atoms with E-state index in [9.17, 15) is 0 Å². The minimum Gasteiger partial charge on any atom is -0.380 e. The SMILES string of the molecule is COC1CCCN(CC(C)(C)C(C)N)C1. The van der Waals surface area contributed by atoms with Gasteiger partial charge >= 0.3 is 0 Å². The van der Waals surface area contributed by atoms with Crippen molar-refractivity contribution in [2.75, 3.05) is 26.7 Å². The van der Waals surface area contributed by atoms with Crippen LogP contribution in [0.5, 0.6) is 0 Å². The van der Waals surface area contributed by atoms with Crippen molar-refractivity contribution >= 4 is 0 Å². The second-order valence-electron chi connectivity index (χ2n) is 5.51. The first kappa shape index (κ1) is 12.9. The molecule has 0 spiro atoms. The largest absolute Gasteiger partial charge is 0.380 e. The number of likely N-dealkylation sites (tertiary alicyclic amines) is 1. The van der Waals surface area contributed by atoms with Crippen LogP contribution in [0.3, 0.4) is 0 Å². The zero-order valence-electron chi connectivity index (χ0n) is 10.6. The lowest BCUT2D eigenvalue weighted by atomic mass is 9.85. The molecule has 15 heavy (non-hydrogen) atoms. The molecule has 0 amide bonds. The molecule has 2 atom stereocenters. The molecule has 0 aromatic rings. The molecule has 1 fully saturated rings. The third kappa shape index (κ3) is 3.74. The number of nitrogens with zero attached hydrogens (tertiary/aromatic N) is 1. The van der Waals surface area contributed by atoms with Crippen LogP contribution in [0.1, 0.15) is 33.6 Å². The normalized spacial score (nSPS) is 26.6. The summed E-state index contributed by atoms with van der Waals surface area (Å²) < 4.78 is 5.42. The summed E-state index contributed by atoms with van der Waals surface area (Å²) >= 11 is 0. The summed E-state index contributed by atoms with van der Waals surface area (Å²) in [7, 11) is 1.81. The summed E-state index contributed by atoms with van der Waals surface area (Å²) in [6.07, 6.45) is 2.86. The van der Waals surface area contributed by atoms with Gasteiger partial charge in [0.05, 0.1) is 6.10 Å². The van der Waals surface area contributed by atoms with E-state index < -0.39 is 0 Å². The molecule has 0 saturated carbocycles. The lowest BCUT2D eigenvalue weighted by Crippen LogP contribution is -2.48. The third-order valence-corrected chi connectivity index (χ3v) is 3.66. The van der Waals surface area contributed by atoms with Crippen molar-refractivity contribution in [3.05, 3.63) is 0 Å². The zero-order valence-corrected chi connectivity index (χ0v) is 10.6. The number of rotatable bonds is 4. The second-order valence-corrected chi connectivity index (χ2v) is 5.51. The maximum Gasteiger partial charge on any atom is 0.0698 e. The van der Waals surface area contributed by atoms with E-state index in [1.807, 2.05) is 7.11 Å². The summed E-state index contributed by atoms with van der Waals surface area (Å²) in [6.45, 7) is 9.91. The van der Waals surface area contributed by atoms with Crippen LogP contribution in [0.2, 0.25) is 0 Å². The monoisotopic (exact) mass is 214 g/mol. The van der Waals surface area contributed by atoms with Crippen LogP contribution in [-0.2, 0) is 4.74 Å². The Hall–Kier alpha value is -0.120. The molecule has 1 aliphatic heterocycles. The van der Waals surface area contributed by atoms with Crippen LogP contribution in [0.4, 0.5) is 0 Å². The van der Waals surface area contributed by atoms with Gasteiger partial charge in [-0.25, -0.2) is 0 Å². The van der Waals surface area contributed by atoms with Gasteiger partial charge in [-0.2, -0.15) is 0 Å². The number of nitrogens with two attached hydrogens (primary N) is 1. The van der Waals surface area contributed by atoms with Gasteiger partial charge in [-0.15, -0.1) is 0 Å². The van der Waals surface area contributed by atoms with Gasteiger partial charge in [0.1, 0.15) is 0 Å². The fraction of sp³-hybridized carbons (Fsp3) is 1.00. The molecule has 1 rings (SSSR count). The topological polar surface area (TPSA) is 38.5 Å². The number of methoxy groups -OCH3 is 1. The molecule has 0 radical (unpaired) electrons. The third-order valence-electron chi connectivity index (χ3n) is 3.66. The molecule has 0 bridgehead atoms. The highest BCUT2D eigenvalue weighted by Crippen LogP contribution is 2.23. The molecular formula is C12H26N2O. The Labute approximate surface area is 94.0 Å². The molecule has 0 aliphatic carbocycles. The van der Waals surface area contributed by atoms with Crippen molar-refractivity contribution in [1.29, 1.82) is 0 Å². The average Bonchev–Trinajstić information content (AvgIpc) is 2.17. The fourth-order valence-electron chi connectivity index (χ4n) is 2.07. The van der Waals surface area contributed by atoms with Gasteiger partial charge in [0.15, 0.2) is 0 Å². The van der Waals surface area contributed by atoms with Crippen LogP contribution < -0.4 is 5.73 Å². The summed E-state index contributed by atoms with van der Waals surface area (Å²) in [5, 5.41) is 0. The smallest absolute Gasteiger partial charge is 0.0698 e. The van der Waals surface area contributed by atoms with Crippen molar-refractivity contribution < 1.29 is 4.74 Å². The molecule has 2 unspecified atom stereocenters. The minimum atomic E-state index is 0.190. The first-order chi connectivity index (χ1) is 6.95. The lowest BCUT2D eigenvalue weighted by Gasteiger charge is -2.39. The predicted molar refractivity (Wildman–Crippen MR) is 63.9 cm³/mol. The summed E-state index contributed by atoms with van der Waals surface area (Å²) in [5.74, 6) is 0. The maximum atomic E-state index is 6.00. The Morgan fingerprint density at radius 2 is 2.20 bits per heavy atom. The average molecular weight is 214 g/mol. The van der Waals surface area contributed by atoms with E-state index in [-0.39, 0.29) is 11.5 Å². The molecule has 0 aromatic heterocycles. The first-order valence-corrected chi connectivity index (χ1v) is 5.96. The van der Waals surface area contributed by atoms with Gasteiger partial charge in [-0.1, -0.05) is 13.8 Å². The molecule has 2 N–H and O–H groups in total. The van der Waals surface area contributed by atoms with E-state index in [1.165, 1.54) is 19.4 Å². The van der Waals surface area contributed by atoms with E-state index in [2.05, 4.69) is 25.7 Å². The maximum absolute atomic E-state index is 6.00. The van der Waals surface area contributed by atoms with E-state index >= 15 is 0 Å². The van der Waals surface area contributed by atoms with Gasteiger partial charge in [-0.3, -0.25) is 0 Å². The van der Waals surface area contributed by atoms with Crippen molar-refractivity contribution in [3.8, 4) is 0 Å². The highest BCUT2D eigenvalue weighted by Gasteiger charge is 2.28. The van der Waals surface area contributed by atoms with E-state index in [4.69, 9.17) is 10.5 Å². The fourth-order valence-corrected chi connectivity index (χ4v) is 2.07. The van der Waals surface area contributed by atoms with Crippen molar-refractivity contribution in [1.82, 2.24) is 4.90 Å². The van der Waals surface area contributed by atoms with Gasteiger partial charge in [0.25, 0.3) is 0 Å². The molecule has 1 aliphatic rings. The van der Waals surface area contributed by atoms with Gasteiger partial charge in [-0.05, 0) is 31.7 Å². The molecule has 1 heterocycles. The van der Waals surface area contributed by atoms with Crippen LogP contribution in [0.25, 0.3) is 0 Å². The highest BCUT2D eigenvalue weighted by atomic mass is 16.5. The van der Waals surface area contributed by atoms with Crippen molar-refractivity contribution in [2.45, 2.75) is 45.8 Å². The number of hydrogen-bond acceptors (Lipinski definition) is 3. The summed E-state index contributed by atoms with van der Waals surface area (Å²) in [4.78, 5) is 2.49. The molecule has 90 valence electrons. The van der Waals surface area contributed by atoms with E-state index in [0.717, 1.165) is 13.1 Å². The van der Waals surface area contributed by atoms with Gasteiger partial charge < -0.3 is 15.4 Å². The van der Waals surface area contributed by atoms with Crippen molar-refractivity contribution in [3.63, 3.8) is 0 Å². The zero-order chi connectivity index (χ0) is 11.5. The Balaban J connectivity index is 2.44. The number of hydrogen-bond donors (Lipinski definition) is 1. The van der Waals surface area contributed by atoms with E-state index in [1.54, 1.807) is 0 Å². The Kier molecular flexibility index (Phi) is 4.56. The van der Waals surface area contributed by atoms with Crippen LogP contribution >= 0.6 is 0 Å². The first-order valence-electron chi connectivity index (χ1n) is 5.96. The van der Waals surface area contributed by atoms with Crippen LogP contribution in [0.15, 0.2) is 0 Å². The molecule has 0 aromatic carbocycles. The van der Waals surface area contributed by atoms with E-state index in [0.29, 0.717) is 6.10 Å². The Morgan fingerprint density at radius 1 is 1.53 bits per heavy atom. The Morgan fingerprint density at radius 3 is 2.73 bits per heavy atom. The molecule has 3 nitrogen and oxygen atoms in total. The van der Waals surface area contributed by atoms with Crippen molar-refractivity contribution in [2.24, 2.45) is 11.1 Å².